The second-order valence-corrected chi connectivity index (χ2v) is 4.00. The Bertz CT molecular complexity index is 337. The van der Waals surface area contributed by atoms with Crippen molar-refractivity contribution in [2.24, 2.45) is 5.90 Å². The molecule has 3 heteroatoms. The van der Waals surface area contributed by atoms with Gasteiger partial charge in [0, 0.05) is 0 Å². The Morgan fingerprint density at radius 1 is 1.12 bits per heavy atom. The summed E-state index contributed by atoms with van der Waals surface area (Å²) < 4.78 is 5.29. The minimum absolute atomic E-state index is 0.633. The lowest BCUT2D eigenvalue weighted by Crippen LogP contribution is -2.02. The van der Waals surface area contributed by atoms with Crippen LogP contribution in [0.4, 0.5) is 0 Å². The molecule has 0 aliphatic rings. The van der Waals surface area contributed by atoms with Gasteiger partial charge in [0.15, 0.2) is 0 Å². The fraction of sp³-hybridized carbons (Fsp3) is 0.538. The van der Waals surface area contributed by atoms with Crippen molar-refractivity contribution in [2.45, 2.75) is 33.1 Å². The molecular formula is C13H21NO2. The highest BCUT2D eigenvalue weighted by molar-refractivity contribution is 5.43. The summed E-state index contributed by atoms with van der Waals surface area (Å²) in [6.07, 6.45) is 3.17. The number of hydrogen-bond donors (Lipinski definition) is 1. The predicted molar refractivity (Wildman–Crippen MR) is 65.5 cm³/mol. The highest BCUT2D eigenvalue weighted by atomic mass is 16.6. The Balaban J connectivity index is 2.64. The fourth-order valence-electron chi connectivity index (χ4n) is 1.84. The van der Waals surface area contributed by atoms with Gasteiger partial charge >= 0.3 is 0 Å². The molecule has 0 atom stereocenters. The van der Waals surface area contributed by atoms with Crippen molar-refractivity contribution in [3.05, 3.63) is 28.8 Å². The third-order valence-electron chi connectivity index (χ3n) is 3.03. The van der Waals surface area contributed by atoms with E-state index in [2.05, 4.69) is 24.8 Å². The molecule has 16 heavy (non-hydrogen) atoms. The maximum absolute atomic E-state index is 5.29. The summed E-state index contributed by atoms with van der Waals surface area (Å²) in [5, 5.41) is 0. The van der Waals surface area contributed by atoms with Crippen LogP contribution in [0.2, 0.25) is 0 Å². The summed E-state index contributed by atoms with van der Waals surface area (Å²) in [4.78, 5) is 4.55. The highest BCUT2D eigenvalue weighted by Crippen LogP contribution is 2.24. The van der Waals surface area contributed by atoms with E-state index in [4.69, 9.17) is 10.6 Å². The molecule has 3 nitrogen and oxygen atoms in total. The van der Waals surface area contributed by atoms with Gasteiger partial charge in [0.25, 0.3) is 0 Å². The van der Waals surface area contributed by atoms with E-state index in [-0.39, 0.29) is 0 Å². The van der Waals surface area contributed by atoms with Gasteiger partial charge in [-0.15, -0.1) is 0 Å². The first-order chi connectivity index (χ1) is 7.70. The number of aryl methyl sites for hydroxylation is 1. The van der Waals surface area contributed by atoms with Gasteiger partial charge < -0.3 is 9.57 Å². The highest BCUT2D eigenvalue weighted by Gasteiger charge is 2.06. The number of unbranched alkanes of at least 4 members (excludes halogenated alkanes) is 1. The van der Waals surface area contributed by atoms with Gasteiger partial charge in [0.2, 0.25) is 0 Å². The molecule has 1 aromatic rings. The van der Waals surface area contributed by atoms with E-state index in [9.17, 15) is 0 Å². The largest absolute Gasteiger partial charge is 0.496 e. The molecule has 0 aromatic heterocycles. The van der Waals surface area contributed by atoms with Gasteiger partial charge in [-0.05, 0) is 55.9 Å². The molecular weight excluding hydrogens is 202 g/mol. The second kappa shape index (κ2) is 6.51. The van der Waals surface area contributed by atoms with E-state index >= 15 is 0 Å². The normalized spacial score (nSPS) is 10.5. The van der Waals surface area contributed by atoms with Crippen molar-refractivity contribution in [2.75, 3.05) is 13.7 Å². The van der Waals surface area contributed by atoms with Crippen molar-refractivity contribution < 1.29 is 9.57 Å². The van der Waals surface area contributed by atoms with Gasteiger partial charge in [-0.2, -0.15) is 0 Å². The predicted octanol–water partition coefficient (Wildman–Crippen LogP) is 2.53. The molecule has 0 aliphatic heterocycles. The molecule has 90 valence electrons. The summed E-state index contributed by atoms with van der Waals surface area (Å²) >= 11 is 0. The van der Waals surface area contributed by atoms with E-state index in [1.807, 2.05) is 6.07 Å². The molecule has 0 fully saturated rings. The summed E-state index contributed by atoms with van der Waals surface area (Å²) in [7, 11) is 1.71. The number of benzene rings is 1. The van der Waals surface area contributed by atoms with E-state index in [1.165, 1.54) is 16.7 Å². The quantitative estimate of drug-likeness (QED) is 0.595. The third kappa shape index (κ3) is 3.22. The smallest absolute Gasteiger partial charge is 0.122 e. The van der Waals surface area contributed by atoms with Gasteiger partial charge in [-0.1, -0.05) is 6.07 Å². The number of methoxy groups -OCH3 is 1. The van der Waals surface area contributed by atoms with Crippen LogP contribution in [0.3, 0.4) is 0 Å². The van der Waals surface area contributed by atoms with E-state index in [0.29, 0.717) is 6.61 Å². The zero-order valence-electron chi connectivity index (χ0n) is 10.4. The Kier molecular flexibility index (Phi) is 5.29. The van der Waals surface area contributed by atoms with Crippen LogP contribution in [0.5, 0.6) is 5.75 Å². The number of rotatable bonds is 6. The summed E-state index contributed by atoms with van der Waals surface area (Å²) in [5.74, 6) is 5.95. The SMILES string of the molecule is COc1ccc(CCCCON)c(C)c1C. The monoisotopic (exact) mass is 223 g/mol. The maximum Gasteiger partial charge on any atom is 0.122 e. The minimum atomic E-state index is 0.633. The van der Waals surface area contributed by atoms with Crippen molar-refractivity contribution in [1.29, 1.82) is 0 Å². The van der Waals surface area contributed by atoms with Crippen LogP contribution in [-0.2, 0) is 11.3 Å². The fourth-order valence-corrected chi connectivity index (χ4v) is 1.84. The second-order valence-electron chi connectivity index (χ2n) is 4.00. The molecule has 1 aromatic carbocycles. The van der Waals surface area contributed by atoms with Crippen LogP contribution < -0.4 is 10.6 Å². The molecule has 1 rings (SSSR count). The minimum Gasteiger partial charge on any atom is -0.496 e. The summed E-state index contributed by atoms with van der Waals surface area (Å²) in [6, 6.07) is 4.18. The first-order valence-corrected chi connectivity index (χ1v) is 5.65. The Hall–Kier alpha value is -1.06. The van der Waals surface area contributed by atoms with Crippen LogP contribution in [0.1, 0.15) is 29.5 Å². The molecule has 0 aliphatic carbocycles. The molecule has 0 bridgehead atoms. The van der Waals surface area contributed by atoms with Crippen molar-refractivity contribution in [3.63, 3.8) is 0 Å². The summed E-state index contributed by atoms with van der Waals surface area (Å²) in [6.45, 7) is 4.88. The average molecular weight is 223 g/mol. The van der Waals surface area contributed by atoms with Crippen molar-refractivity contribution in [1.82, 2.24) is 0 Å². The molecule has 0 amide bonds. The van der Waals surface area contributed by atoms with Crippen LogP contribution in [0.25, 0.3) is 0 Å². The van der Waals surface area contributed by atoms with E-state index in [1.54, 1.807) is 7.11 Å². The Morgan fingerprint density at radius 2 is 1.88 bits per heavy atom. The first kappa shape index (κ1) is 13.0. The molecule has 0 heterocycles. The van der Waals surface area contributed by atoms with E-state index < -0.39 is 0 Å². The summed E-state index contributed by atoms with van der Waals surface area (Å²) in [5.41, 5.74) is 3.94. The third-order valence-corrected chi connectivity index (χ3v) is 3.03. The van der Waals surface area contributed by atoms with Crippen LogP contribution in [0.15, 0.2) is 12.1 Å². The number of hydrogen-bond acceptors (Lipinski definition) is 3. The molecule has 0 saturated heterocycles. The van der Waals surface area contributed by atoms with Crippen LogP contribution in [-0.4, -0.2) is 13.7 Å². The standard InChI is InChI=1S/C13H21NO2/c1-10-11(2)13(15-3)8-7-12(10)6-4-5-9-16-14/h7-8H,4-6,9,14H2,1-3H3. The zero-order valence-corrected chi connectivity index (χ0v) is 10.4. The molecule has 0 saturated carbocycles. The Morgan fingerprint density at radius 3 is 2.50 bits per heavy atom. The first-order valence-electron chi connectivity index (χ1n) is 5.65. The molecule has 0 radical (unpaired) electrons. The van der Waals surface area contributed by atoms with Gasteiger partial charge in [-0.25, -0.2) is 5.90 Å². The lowest BCUT2D eigenvalue weighted by molar-refractivity contribution is 0.134. The van der Waals surface area contributed by atoms with Crippen molar-refractivity contribution in [3.8, 4) is 5.75 Å². The average Bonchev–Trinajstić information content (AvgIpc) is 2.30. The molecule has 2 N–H and O–H groups in total. The topological polar surface area (TPSA) is 44.5 Å². The number of nitrogens with two attached hydrogens (primary N) is 1. The number of ether oxygens (including phenoxy) is 1. The van der Waals surface area contributed by atoms with Gasteiger partial charge in [0.05, 0.1) is 13.7 Å². The Labute approximate surface area is 97.5 Å². The molecule has 0 spiro atoms. The zero-order chi connectivity index (χ0) is 12.0. The van der Waals surface area contributed by atoms with Crippen LogP contribution >= 0.6 is 0 Å². The lowest BCUT2D eigenvalue weighted by atomic mass is 9.98. The van der Waals surface area contributed by atoms with Gasteiger partial charge in [0.1, 0.15) is 5.75 Å². The lowest BCUT2D eigenvalue weighted by Gasteiger charge is -2.12. The van der Waals surface area contributed by atoms with Gasteiger partial charge in [-0.3, -0.25) is 0 Å². The van der Waals surface area contributed by atoms with Crippen LogP contribution in [0, 0.1) is 13.8 Å². The van der Waals surface area contributed by atoms with Crippen molar-refractivity contribution >= 4 is 0 Å². The molecule has 0 unspecified atom stereocenters. The maximum atomic E-state index is 5.29. The van der Waals surface area contributed by atoms with E-state index in [0.717, 1.165) is 25.0 Å².